The van der Waals surface area contributed by atoms with E-state index in [0.717, 1.165) is 46.8 Å². The molecule has 0 nitrogen and oxygen atoms in total. The van der Waals surface area contributed by atoms with Gasteiger partial charge in [-0.05, 0) is 53.0 Å². The number of halogens is 4. The molecule has 8 rings (SSSR count). The van der Waals surface area contributed by atoms with E-state index in [9.17, 15) is 0 Å². The number of hydrogen-bond donors (Lipinski definition) is 0. The summed E-state index contributed by atoms with van der Waals surface area (Å²) in [5, 5.41) is 4.54. The maximum absolute atomic E-state index is 5.98. The van der Waals surface area contributed by atoms with Crippen LogP contribution in [0.15, 0.2) is 103 Å². The fourth-order valence-corrected chi connectivity index (χ4v) is 8.94. The summed E-state index contributed by atoms with van der Waals surface area (Å²) in [6, 6.07) is 25.9. The van der Waals surface area contributed by atoms with Crippen LogP contribution in [0.3, 0.4) is 0 Å². The molecule has 5 heteroatoms. The summed E-state index contributed by atoms with van der Waals surface area (Å²) in [7, 11) is 0. The van der Waals surface area contributed by atoms with Crippen LogP contribution in [0.5, 0.6) is 0 Å². The first-order valence-corrected chi connectivity index (χ1v) is 18.6. The van der Waals surface area contributed by atoms with Crippen molar-refractivity contribution in [3.05, 3.63) is 163 Å². The van der Waals surface area contributed by atoms with Gasteiger partial charge in [-0.25, -0.2) is 24.1 Å². The number of allylic oxidation sites excluding steroid dienone is 6. The molecule has 0 atom stereocenters. The summed E-state index contributed by atoms with van der Waals surface area (Å²) >= 11 is 12.9. The quantitative estimate of drug-likeness (QED) is 0.208. The van der Waals surface area contributed by atoms with Crippen molar-refractivity contribution >= 4 is 49.3 Å². The molecule has 4 aromatic carbocycles. The van der Waals surface area contributed by atoms with E-state index < -0.39 is 0 Å². The first-order valence-electron chi connectivity index (χ1n) is 16.0. The number of fused-ring (bicyclic) bond motifs is 7. The second-order valence-electron chi connectivity index (χ2n) is 14.0. The Morgan fingerprint density at radius 3 is 1.96 bits per heavy atom. The standard InChI is InChI=1S/C25H27.C13H8Cl2.C5H5.2ClH.Hf/c1-14-7-8-17-20(14)22-18(23-21(17)15(2)12-25(23,5)6)11-16-9-10-24(3,4)13-19(16)22;14-12-5-1-3-10(8-12)7-11-4-2-6-13(15)9-11;1-2-4-5-3-1;;;/h7-10,12H,11,13H2,1-6H3;1-6,8-9H;1-5H;2*1H;/q-1;;-1;;;+2/p-2. The van der Waals surface area contributed by atoms with Gasteiger partial charge in [0.15, 0.2) is 0 Å². The molecule has 0 amide bonds. The van der Waals surface area contributed by atoms with Crippen molar-refractivity contribution < 1.29 is 48.7 Å². The zero-order valence-electron chi connectivity index (χ0n) is 28.3. The predicted molar refractivity (Wildman–Crippen MR) is 197 cm³/mol. The molecular weight excluding hydrogens is 837 g/mol. The zero-order valence-corrected chi connectivity index (χ0v) is 34.9. The van der Waals surface area contributed by atoms with Gasteiger partial charge in [0.1, 0.15) is 0 Å². The zero-order chi connectivity index (χ0) is 32.8. The van der Waals surface area contributed by atoms with E-state index in [1.807, 2.05) is 66.7 Å². The molecule has 246 valence electrons. The molecule has 0 aliphatic heterocycles. The van der Waals surface area contributed by atoms with Crippen LogP contribution in [0.25, 0.3) is 22.8 Å². The number of hydrogen-bond acceptors (Lipinski definition) is 0. The van der Waals surface area contributed by atoms with Crippen LogP contribution in [0.1, 0.15) is 81.3 Å². The van der Waals surface area contributed by atoms with Crippen molar-refractivity contribution in [3.8, 4) is 0 Å². The van der Waals surface area contributed by atoms with Crippen molar-refractivity contribution in [2.45, 2.75) is 59.8 Å². The average Bonchev–Trinajstić information content (AvgIpc) is 3.80. The van der Waals surface area contributed by atoms with Crippen LogP contribution >= 0.6 is 23.2 Å². The van der Waals surface area contributed by atoms with Crippen LogP contribution in [-0.2, 0) is 35.7 Å². The van der Waals surface area contributed by atoms with Gasteiger partial charge in [-0.1, -0.05) is 75.1 Å². The van der Waals surface area contributed by atoms with Gasteiger partial charge < -0.3 is 24.8 Å². The summed E-state index contributed by atoms with van der Waals surface area (Å²) in [5.41, 5.74) is 15.1. The van der Waals surface area contributed by atoms with Crippen molar-refractivity contribution in [2.75, 3.05) is 0 Å². The molecule has 48 heavy (non-hydrogen) atoms. The van der Waals surface area contributed by atoms with Gasteiger partial charge in [-0.2, -0.15) is 23.4 Å². The maximum atomic E-state index is 5.98. The third-order valence-corrected chi connectivity index (χ3v) is 11.9. The van der Waals surface area contributed by atoms with Crippen LogP contribution in [0.2, 0.25) is 10.0 Å². The Morgan fingerprint density at radius 2 is 1.42 bits per heavy atom. The Labute approximate surface area is 323 Å². The summed E-state index contributed by atoms with van der Waals surface area (Å²) in [6.45, 7) is 14.1. The maximum Gasteiger partial charge on any atom is -0.172 e. The minimum absolute atomic E-state index is 0. The predicted octanol–water partition coefficient (Wildman–Crippen LogP) is 4.37. The molecule has 0 radical (unpaired) electrons. The normalized spacial score (nSPS) is 16.5. The number of rotatable bonds is 2. The first-order chi connectivity index (χ1) is 21.9. The molecule has 0 heterocycles. The molecule has 0 fully saturated rings. The molecule has 0 bridgehead atoms. The number of benzene rings is 3. The van der Waals surface area contributed by atoms with Crippen molar-refractivity contribution in [3.63, 3.8) is 0 Å². The summed E-state index contributed by atoms with van der Waals surface area (Å²) in [6.07, 6.45) is 14.3. The van der Waals surface area contributed by atoms with Crippen molar-refractivity contribution in [1.29, 1.82) is 0 Å². The van der Waals surface area contributed by atoms with E-state index in [1.54, 1.807) is 27.8 Å². The van der Waals surface area contributed by atoms with Crippen LogP contribution < -0.4 is 35.3 Å². The van der Waals surface area contributed by atoms with Gasteiger partial charge in [0.05, 0.1) is 0 Å². The second kappa shape index (κ2) is 15.3. The molecular formula is C43H40Cl4Hf-2. The van der Waals surface area contributed by atoms with Crippen LogP contribution in [-0.4, -0.2) is 3.26 Å². The van der Waals surface area contributed by atoms with Gasteiger partial charge in [-0.15, -0.1) is 5.56 Å². The Balaban J connectivity index is 0.000000195. The molecule has 0 unspecified atom stereocenters. The average molecular weight is 877 g/mol. The van der Waals surface area contributed by atoms with Gasteiger partial charge in [0, 0.05) is 0 Å². The van der Waals surface area contributed by atoms with Crippen molar-refractivity contribution in [2.24, 2.45) is 5.41 Å². The second-order valence-corrected chi connectivity index (χ2v) is 16.7. The van der Waals surface area contributed by atoms with Gasteiger partial charge in [0.2, 0.25) is 0 Å². The Kier molecular flexibility index (Phi) is 12.3. The topological polar surface area (TPSA) is 0 Å². The van der Waals surface area contributed by atoms with Gasteiger partial charge >= 0.3 is 120 Å². The minimum Gasteiger partial charge on any atom is -1.00 e. The molecule has 4 aliphatic carbocycles. The fourth-order valence-electron chi connectivity index (χ4n) is 7.44. The van der Waals surface area contributed by atoms with E-state index in [1.165, 1.54) is 41.5 Å². The molecule has 0 spiro atoms. The fraction of sp³-hybridized carbons (Fsp3) is 0.233. The minimum atomic E-state index is 0. The monoisotopic (exact) mass is 876 g/mol. The first kappa shape index (κ1) is 38.5. The molecule has 4 aliphatic rings. The van der Waals surface area contributed by atoms with E-state index in [4.69, 9.17) is 23.2 Å². The van der Waals surface area contributed by atoms with Crippen molar-refractivity contribution in [1.82, 2.24) is 0 Å². The molecule has 4 aromatic rings. The van der Waals surface area contributed by atoms with E-state index in [0.29, 0.717) is 0 Å². The van der Waals surface area contributed by atoms with Crippen LogP contribution in [0.4, 0.5) is 0 Å². The molecule has 0 N–H and O–H groups in total. The molecule has 0 saturated carbocycles. The van der Waals surface area contributed by atoms with E-state index in [2.05, 4.69) is 84.4 Å². The van der Waals surface area contributed by atoms with Crippen LogP contribution in [0, 0.1) is 11.8 Å². The van der Waals surface area contributed by atoms with E-state index in [-0.39, 0.29) is 35.6 Å². The molecule has 0 saturated heterocycles. The summed E-state index contributed by atoms with van der Waals surface area (Å²) in [4.78, 5) is 0. The largest absolute Gasteiger partial charge is 1.00 e. The Bertz CT molecular complexity index is 2010. The smallest absolute Gasteiger partial charge is 0.172 e. The molecule has 0 aromatic heterocycles. The summed E-state index contributed by atoms with van der Waals surface area (Å²) in [5.74, 6) is 0. The van der Waals surface area contributed by atoms with Gasteiger partial charge in [0.25, 0.3) is 0 Å². The third-order valence-electron chi connectivity index (χ3n) is 9.36. The van der Waals surface area contributed by atoms with E-state index >= 15 is 0 Å². The Hall–Kier alpha value is -2.26. The third kappa shape index (κ3) is 7.72. The Morgan fingerprint density at radius 1 is 0.812 bits per heavy atom. The SMILES string of the molecule is CC1=CC=c2c1c1c(c3c2=C(C)[CH-]C3(C)C)CC2=C1CC(C)(C)C=C2.Clc1cccc([C](=[Hf+2])c2cccc(Cl)c2)c1.[Cl-].[Cl-].c1cc[cH-]c1. The summed E-state index contributed by atoms with van der Waals surface area (Å²) < 4.78 is 1.31. The van der Waals surface area contributed by atoms with Gasteiger partial charge in [-0.3, -0.25) is 0 Å².